The Balaban J connectivity index is 0. The summed E-state index contributed by atoms with van der Waals surface area (Å²) in [6, 6.07) is 0. The third-order valence-corrected chi connectivity index (χ3v) is 2.97. The Hall–Kier alpha value is -0.743. The molecule has 0 aromatic heterocycles. The molecule has 1 aliphatic rings. The van der Waals surface area contributed by atoms with Gasteiger partial charge in [0.15, 0.2) is 0 Å². The van der Waals surface area contributed by atoms with Crippen LogP contribution in [0.2, 0.25) is 0 Å². The SMILES string of the molecule is O=C(O)C1CC(C(=O)O)C(C(=O)O)C1C(=O)O.[Pt].[Pt]. The fourth-order valence-corrected chi connectivity index (χ4v) is 2.23. The van der Waals surface area contributed by atoms with Crippen molar-refractivity contribution in [2.45, 2.75) is 6.42 Å². The van der Waals surface area contributed by atoms with Crippen LogP contribution in [-0.2, 0) is 61.3 Å². The maximum absolute atomic E-state index is 10.9. The van der Waals surface area contributed by atoms with Crippen LogP contribution in [0.1, 0.15) is 6.42 Å². The Morgan fingerprint density at radius 3 is 1.05 bits per heavy atom. The summed E-state index contributed by atoms with van der Waals surface area (Å²) in [6.07, 6.45) is -0.487. The van der Waals surface area contributed by atoms with Gasteiger partial charge in [-0.05, 0) is 6.42 Å². The molecule has 0 aromatic carbocycles. The minimum Gasteiger partial charge on any atom is -0.481 e. The molecular weight excluding hydrogens is 626 g/mol. The van der Waals surface area contributed by atoms with Gasteiger partial charge in [0.2, 0.25) is 0 Å². The molecule has 0 aromatic rings. The Morgan fingerprint density at radius 2 is 0.895 bits per heavy atom. The first-order valence-corrected chi connectivity index (χ1v) is 4.68. The molecule has 1 fully saturated rings. The van der Waals surface area contributed by atoms with Crippen LogP contribution in [-0.4, -0.2) is 44.3 Å². The monoisotopic (exact) mass is 636 g/mol. The first-order valence-electron chi connectivity index (χ1n) is 4.68. The maximum Gasteiger partial charge on any atom is 0.308 e. The van der Waals surface area contributed by atoms with Gasteiger partial charge in [-0.3, -0.25) is 19.2 Å². The Labute approximate surface area is 135 Å². The van der Waals surface area contributed by atoms with Crippen molar-refractivity contribution >= 4 is 23.9 Å². The van der Waals surface area contributed by atoms with E-state index < -0.39 is 54.0 Å². The molecule has 114 valence electrons. The van der Waals surface area contributed by atoms with Gasteiger partial charge in [-0.2, -0.15) is 0 Å². The topological polar surface area (TPSA) is 149 Å². The van der Waals surface area contributed by atoms with Gasteiger partial charge in [0, 0.05) is 42.1 Å². The molecule has 4 unspecified atom stereocenters. The van der Waals surface area contributed by atoms with Gasteiger partial charge in [-0.1, -0.05) is 0 Å². The van der Waals surface area contributed by atoms with E-state index in [1.165, 1.54) is 0 Å². The summed E-state index contributed by atoms with van der Waals surface area (Å²) in [5.74, 6) is -12.6. The van der Waals surface area contributed by atoms with E-state index in [-0.39, 0.29) is 42.1 Å². The van der Waals surface area contributed by atoms with Crippen LogP contribution in [0.15, 0.2) is 0 Å². The summed E-state index contributed by atoms with van der Waals surface area (Å²) in [4.78, 5) is 43.4. The van der Waals surface area contributed by atoms with Crippen molar-refractivity contribution in [3.63, 3.8) is 0 Å². The molecule has 0 heterocycles. The molecule has 0 aliphatic heterocycles. The van der Waals surface area contributed by atoms with Gasteiger partial charge < -0.3 is 20.4 Å². The Morgan fingerprint density at radius 1 is 0.632 bits per heavy atom. The van der Waals surface area contributed by atoms with Crippen LogP contribution in [0.25, 0.3) is 0 Å². The molecule has 1 saturated carbocycles. The first kappa shape index (κ1) is 20.6. The van der Waals surface area contributed by atoms with Crippen molar-refractivity contribution < 1.29 is 81.7 Å². The summed E-state index contributed by atoms with van der Waals surface area (Å²) < 4.78 is 0. The molecule has 4 atom stereocenters. The average molecular weight is 636 g/mol. The van der Waals surface area contributed by atoms with Crippen LogP contribution in [0.3, 0.4) is 0 Å². The third kappa shape index (κ3) is 4.11. The second-order valence-corrected chi connectivity index (χ2v) is 3.85. The molecular formula is C9H10O8Pt2. The first-order chi connectivity index (χ1) is 7.77. The molecule has 10 heteroatoms. The van der Waals surface area contributed by atoms with E-state index in [1.54, 1.807) is 0 Å². The molecule has 1 aliphatic carbocycles. The Bertz CT molecular complexity index is 360. The zero-order valence-electron chi connectivity index (χ0n) is 9.07. The second-order valence-electron chi connectivity index (χ2n) is 3.85. The molecule has 4 N–H and O–H groups in total. The molecule has 8 nitrogen and oxygen atoms in total. The average Bonchev–Trinajstić information content (AvgIpc) is 2.56. The van der Waals surface area contributed by atoms with E-state index in [4.69, 9.17) is 20.4 Å². The number of rotatable bonds is 4. The maximum atomic E-state index is 10.9. The molecule has 0 saturated heterocycles. The van der Waals surface area contributed by atoms with Gasteiger partial charge in [-0.25, -0.2) is 0 Å². The van der Waals surface area contributed by atoms with E-state index in [0.29, 0.717) is 0 Å². The van der Waals surface area contributed by atoms with E-state index in [0.717, 1.165) is 0 Å². The summed E-state index contributed by atoms with van der Waals surface area (Å²) in [7, 11) is 0. The third-order valence-electron chi connectivity index (χ3n) is 2.97. The molecule has 1 rings (SSSR count). The predicted octanol–water partition coefficient (Wildman–Crippen LogP) is -0.812. The standard InChI is InChI=1S/C9H10O8.2Pt/c10-6(11)2-1-3(7(12)13)5(9(16)17)4(2)8(14)15;;/h2-5H,1H2,(H,10,11)(H,12,13)(H,14,15)(H,16,17);;. The van der Waals surface area contributed by atoms with Gasteiger partial charge in [0.05, 0.1) is 23.7 Å². The fraction of sp³-hybridized carbons (Fsp3) is 0.556. The van der Waals surface area contributed by atoms with Crippen LogP contribution >= 0.6 is 0 Å². The molecule has 0 spiro atoms. The summed E-state index contributed by atoms with van der Waals surface area (Å²) in [5.41, 5.74) is 0. The molecule has 0 bridgehead atoms. The van der Waals surface area contributed by atoms with Gasteiger partial charge in [0.25, 0.3) is 0 Å². The fourth-order valence-electron chi connectivity index (χ4n) is 2.23. The molecule has 0 radical (unpaired) electrons. The number of carbonyl (C=O) groups is 4. The van der Waals surface area contributed by atoms with Crippen LogP contribution < -0.4 is 0 Å². The van der Waals surface area contributed by atoms with Crippen molar-refractivity contribution in [3.8, 4) is 0 Å². The van der Waals surface area contributed by atoms with Crippen molar-refractivity contribution in [2.24, 2.45) is 23.7 Å². The quantitative estimate of drug-likeness (QED) is 0.313. The van der Waals surface area contributed by atoms with Crippen LogP contribution in [0.5, 0.6) is 0 Å². The number of carboxylic acids is 4. The van der Waals surface area contributed by atoms with Crippen LogP contribution in [0.4, 0.5) is 0 Å². The number of carboxylic acid groups (broad SMARTS) is 4. The second kappa shape index (κ2) is 7.75. The summed E-state index contributed by atoms with van der Waals surface area (Å²) in [5, 5.41) is 35.2. The minimum atomic E-state index is -1.72. The van der Waals surface area contributed by atoms with Crippen molar-refractivity contribution in [2.75, 3.05) is 0 Å². The number of aliphatic carboxylic acids is 4. The largest absolute Gasteiger partial charge is 0.481 e. The zero-order chi connectivity index (χ0) is 13.3. The number of hydrogen-bond donors (Lipinski definition) is 4. The minimum absolute atomic E-state index is 0. The van der Waals surface area contributed by atoms with Crippen LogP contribution in [0, 0.1) is 23.7 Å². The van der Waals surface area contributed by atoms with E-state index in [9.17, 15) is 19.2 Å². The van der Waals surface area contributed by atoms with Crippen molar-refractivity contribution in [1.29, 1.82) is 0 Å². The smallest absolute Gasteiger partial charge is 0.308 e. The predicted molar refractivity (Wildman–Crippen MR) is 49.1 cm³/mol. The summed E-state index contributed by atoms with van der Waals surface area (Å²) in [6.45, 7) is 0. The summed E-state index contributed by atoms with van der Waals surface area (Å²) >= 11 is 0. The van der Waals surface area contributed by atoms with E-state index in [2.05, 4.69) is 0 Å². The van der Waals surface area contributed by atoms with Gasteiger partial charge in [0.1, 0.15) is 0 Å². The van der Waals surface area contributed by atoms with E-state index >= 15 is 0 Å². The molecule has 19 heavy (non-hydrogen) atoms. The Kier molecular flexibility index (Phi) is 8.39. The van der Waals surface area contributed by atoms with Crippen molar-refractivity contribution in [3.05, 3.63) is 0 Å². The zero-order valence-corrected chi connectivity index (χ0v) is 13.6. The molecule has 0 amide bonds. The van der Waals surface area contributed by atoms with Gasteiger partial charge in [-0.15, -0.1) is 0 Å². The van der Waals surface area contributed by atoms with E-state index in [1.807, 2.05) is 0 Å². The normalized spacial score (nSPS) is 28.6. The van der Waals surface area contributed by atoms with Crippen molar-refractivity contribution in [1.82, 2.24) is 0 Å². The number of hydrogen-bond acceptors (Lipinski definition) is 4. The van der Waals surface area contributed by atoms with Gasteiger partial charge >= 0.3 is 23.9 Å².